The Labute approximate surface area is 147 Å². The molecule has 0 aliphatic rings. The van der Waals surface area contributed by atoms with Crippen molar-refractivity contribution in [2.45, 2.75) is 27.4 Å². The van der Waals surface area contributed by atoms with Crippen LogP contribution in [0.4, 0.5) is 0 Å². The molecule has 0 spiro atoms. The zero-order chi connectivity index (χ0) is 18.0. The number of benzene rings is 2. The van der Waals surface area contributed by atoms with Crippen LogP contribution in [0.25, 0.3) is 22.2 Å². The molecular formula is C21H21NO3. The molecule has 4 heteroatoms. The highest BCUT2D eigenvalue weighted by atomic mass is 16.5. The van der Waals surface area contributed by atoms with Gasteiger partial charge in [0, 0.05) is 16.5 Å². The van der Waals surface area contributed by atoms with E-state index in [0.29, 0.717) is 12.2 Å². The second-order valence-corrected chi connectivity index (χ2v) is 6.01. The van der Waals surface area contributed by atoms with Crippen LogP contribution in [0.3, 0.4) is 0 Å². The summed E-state index contributed by atoms with van der Waals surface area (Å²) in [5, 5.41) is 10.7. The minimum Gasteiger partial charge on any atom is -0.462 e. The third kappa shape index (κ3) is 3.13. The first kappa shape index (κ1) is 17.1. The van der Waals surface area contributed by atoms with Crippen LogP contribution in [0.15, 0.2) is 42.5 Å². The van der Waals surface area contributed by atoms with Gasteiger partial charge in [-0.05, 0) is 44.0 Å². The molecule has 4 nitrogen and oxygen atoms in total. The number of carbonyl (C=O) groups excluding carboxylic acids is 1. The molecule has 0 saturated carbocycles. The smallest absolute Gasteiger partial charge is 0.338 e. The van der Waals surface area contributed by atoms with Crippen LogP contribution >= 0.6 is 0 Å². The molecular weight excluding hydrogens is 314 g/mol. The number of rotatable bonds is 4. The summed E-state index contributed by atoms with van der Waals surface area (Å²) >= 11 is 0. The monoisotopic (exact) mass is 335 g/mol. The van der Waals surface area contributed by atoms with Crippen LogP contribution in [0, 0.1) is 13.8 Å². The van der Waals surface area contributed by atoms with E-state index in [9.17, 15) is 9.90 Å². The summed E-state index contributed by atoms with van der Waals surface area (Å²) in [6.45, 7) is 5.82. The Kier molecular flexibility index (Phi) is 4.81. The van der Waals surface area contributed by atoms with E-state index >= 15 is 0 Å². The normalized spacial score (nSPS) is 10.9. The Balaban J connectivity index is 2.28. The van der Waals surface area contributed by atoms with Crippen molar-refractivity contribution >= 4 is 16.9 Å². The fourth-order valence-electron chi connectivity index (χ4n) is 3.19. The van der Waals surface area contributed by atoms with Crippen LogP contribution < -0.4 is 0 Å². The molecule has 1 heterocycles. The number of nitrogens with zero attached hydrogens (tertiary/aromatic N) is 1. The summed E-state index contributed by atoms with van der Waals surface area (Å²) < 4.78 is 5.19. The topological polar surface area (TPSA) is 59.4 Å². The van der Waals surface area contributed by atoms with Gasteiger partial charge in [-0.1, -0.05) is 30.3 Å². The number of aliphatic hydroxyl groups excluding tert-OH is 1. The van der Waals surface area contributed by atoms with E-state index in [1.54, 1.807) is 6.92 Å². The Morgan fingerprint density at radius 3 is 2.52 bits per heavy atom. The van der Waals surface area contributed by atoms with Gasteiger partial charge < -0.3 is 9.84 Å². The molecule has 0 bridgehead atoms. The third-order valence-electron chi connectivity index (χ3n) is 4.32. The SMILES string of the molecule is CCOC(=O)c1c(C)cc2cc(CO)c(-c3ccccc3)nc2c1C. The highest BCUT2D eigenvalue weighted by Crippen LogP contribution is 2.30. The highest BCUT2D eigenvalue weighted by Gasteiger charge is 2.18. The van der Waals surface area contributed by atoms with Crippen molar-refractivity contribution in [3.63, 3.8) is 0 Å². The fraction of sp³-hybridized carbons (Fsp3) is 0.238. The molecule has 0 aliphatic carbocycles. The lowest BCUT2D eigenvalue weighted by atomic mass is 9.96. The number of esters is 1. The number of hydrogen-bond donors (Lipinski definition) is 1. The van der Waals surface area contributed by atoms with E-state index in [1.165, 1.54) is 0 Å². The van der Waals surface area contributed by atoms with E-state index < -0.39 is 0 Å². The van der Waals surface area contributed by atoms with Crippen LogP contribution in [0.5, 0.6) is 0 Å². The molecule has 0 aliphatic heterocycles. The summed E-state index contributed by atoms with van der Waals surface area (Å²) in [6.07, 6.45) is 0. The Bertz CT molecular complexity index is 933. The number of pyridine rings is 1. The first-order valence-electron chi connectivity index (χ1n) is 8.34. The molecule has 0 radical (unpaired) electrons. The van der Waals surface area contributed by atoms with Gasteiger partial charge in [-0.15, -0.1) is 0 Å². The zero-order valence-electron chi connectivity index (χ0n) is 14.7. The fourth-order valence-corrected chi connectivity index (χ4v) is 3.19. The van der Waals surface area contributed by atoms with Crippen LogP contribution in [0.2, 0.25) is 0 Å². The van der Waals surface area contributed by atoms with Crippen LogP contribution in [0.1, 0.15) is 34.0 Å². The standard InChI is InChI=1S/C21H21NO3/c1-4-25-21(24)18-13(2)10-16-11-17(12-23)20(22-19(16)14(18)3)15-8-6-5-7-9-15/h5-11,23H,4,12H2,1-3H3. The van der Waals surface area contributed by atoms with E-state index in [1.807, 2.05) is 56.3 Å². The minimum absolute atomic E-state index is 0.0924. The zero-order valence-corrected chi connectivity index (χ0v) is 14.7. The number of carbonyl (C=O) groups is 1. The Hall–Kier alpha value is -2.72. The quantitative estimate of drug-likeness (QED) is 0.726. The van der Waals surface area contributed by atoms with Gasteiger partial charge in [-0.3, -0.25) is 0 Å². The van der Waals surface area contributed by atoms with Gasteiger partial charge >= 0.3 is 5.97 Å². The Morgan fingerprint density at radius 2 is 1.88 bits per heavy atom. The van der Waals surface area contributed by atoms with Crippen molar-refractivity contribution in [2.24, 2.45) is 0 Å². The van der Waals surface area contributed by atoms with E-state index in [-0.39, 0.29) is 12.6 Å². The predicted molar refractivity (Wildman–Crippen MR) is 98.5 cm³/mol. The van der Waals surface area contributed by atoms with Gasteiger partial charge in [0.25, 0.3) is 0 Å². The summed E-state index contributed by atoms with van der Waals surface area (Å²) in [5.74, 6) is -0.325. The van der Waals surface area contributed by atoms with E-state index in [0.717, 1.165) is 38.9 Å². The lowest BCUT2D eigenvalue weighted by Gasteiger charge is -2.15. The number of hydrogen-bond acceptors (Lipinski definition) is 4. The number of aryl methyl sites for hydroxylation is 2. The average Bonchev–Trinajstić information content (AvgIpc) is 2.61. The van der Waals surface area contributed by atoms with Gasteiger partial charge in [0.15, 0.2) is 0 Å². The summed E-state index contributed by atoms with van der Waals surface area (Å²) in [5.41, 5.74) is 5.41. The molecule has 2 aromatic carbocycles. The molecule has 0 atom stereocenters. The van der Waals surface area contributed by atoms with Crippen molar-refractivity contribution in [3.8, 4) is 11.3 Å². The van der Waals surface area contributed by atoms with Crippen LogP contribution in [-0.2, 0) is 11.3 Å². The molecule has 25 heavy (non-hydrogen) atoms. The van der Waals surface area contributed by atoms with Gasteiger partial charge in [-0.25, -0.2) is 9.78 Å². The Morgan fingerprint density at radius 1 is 1.16 bits per heavy atom. The maximum atomic E-state index is 12.3. The van der Waals surface area contributed by atoms with Gasteiger partial charge in [0.1, 0.15) is 0 Å². The van der Waals surface area contributed by atoms with E-state index in [2.05, 4.69) is 0 Å². The summed E-state index contributed by atoms with van der Waals surface area (Å²) in [6, 6.07) is 13.6. The van der Waals surface area contributed by atoms with E-state index in [4.69, 9.17) is 9.72 Å². The predicted octanol–water partition coefficient (Wildman–Crippen LogP) is 4.19. The minimum atomic E-state index is -0.325. The number of ether oxygens (including phenoxy) is 1. The maximum Gasteiger partial charge on any atom is 0.338 e. The molecule has 0 saturated heterocycles. The maximum absolute atomic E-state index is 12.3. The highest BCUT2D eigenvalue weighted by molar-refractivity contribution is 5.99. The number of aromatic nitrogens is 1. The second-order valence-electron chi connectivity index (χ2n) is 6.01. The number of aliphatic hydroxyl groups is 1. The molecule has 3 aromatic rings. The lowest BCUT2D eigenvalue weighted by Crippen LogP contribution is -2.10. The van der Waals surface area contributed by atoms with Crippen LogP contribution in [-0.4, -0.2) is 22.7 Å². The lowest BCUT2D eigenvalue weighted by molar-refractivity contribution is 0.0525. The largest absolute Gasteiger partial charge is 0.462 e. The van der Waals surface area contributed by atoms with Gasteiger partial charge in [-0.2, -0.15) is 0 Å². The summed E-state index contributed by atoms with van der Waals surface area (Å²) in [7, 11) is 0. The van der Waals surface area contributed by atoms with Gasteiger partial charge in [0.2, 0.25) is 0 Å². The van der Waals surface area contributed by atoms with Crippen molar-refractivity contribution in [1.82, 2.24) is 4.98 Å². The van der Waals surface area contributed by atoms with Gasteiger partial charge in [0.05, 0.1) is 30.0 Å². The summed E-state index contributed by atoms with van der Waals surface area (Å²) in [4.78, 5) is 17.1. The van der Waals surface area contributed by atoms with Crippen molar-refractivity contribution in [3.05, 3.63) is 64.7 Å². The third-order valence-corrected chi connectivity index (χ3v) is 4.32. The molecule has 0 fully saturated rings. The number of fused-ring (bicyclic) bond motifs is 1. The molecule has 0 unspecified atom stereocenters. The molecule has 1 N–H and O–H groups in total. The first-order valence-corrected chi connectivity index (χ1v) is 8.34. The van der Waals surface area contributed by atoms with Crippen molar-refractivity contribution < 1.29 is 14.6 Å². The molecule has 128 valence electrons. The second kappa shape index (κ2) is 7.03. The first-order chi connectivity index (χ1) is 12.1. The average molecular weight is 335 g/mol. The molecule has 1 aromatic heterocycles. The van der Waals surface area contributed by atoms with Crippen molar-refractivity contribution in [2.75, 3.05) is 6.61 Å². The molecule has 3 rings (SSSR count). The van der Waals surface area contributed by atoms with Crippen molar-refractivity contribution in [1.29, 1.82) is 0 Å². The molecule has 0 amide bonds.